The van der Waals surface area contributed by atoms with Crippen LogP contribution in [0.15, 0.2) is 30.5 Å². The van der Waals surface area contributed by atoms with Gasteiger partial charge in [-0.25, -0.2) is 9.78 Å². The minimum atomic E-state index is -0.376. The van der Waals surface area contributed by atoms with E-state index >= 15 is 0 Å². The summed E-state index contributed by atoms with van der Waals surface area (Å²) >= 11 is 0. The van der Waals surface area contributed by atoms with Crippen LogP contribution in [0.25, 0.3) is 0 Å². The van der Waals surface area contributed by atoms with Crippen LogP contribution in [0.3, 0.4) is 0 Å². The largest absolute Gasteiger partial charge is 0.444 e. The zero-order valence-corrected chi connectivity index (χ0v) is 18.7. The Labute approximate surface area is 189 Å². The number of cyclic esters (lactones) is 1. The number of ether oxygens (including phenoxy) is 1. The van der Waals surface area contributed by atoms with Gasteiger partial charge in [0.1, 0.15) is 12.4 Å². The van der Waals surface area contributed by atoms with Gasteiger partial charge in [-0.3, -0.25) is 9.80 Å². The van der Waals surface area contributed by atoms with Crippen molar-refractivity contribution in [1.82, 2.24) is 19.7 Å². The van der Waals surface area contributed by atoms with Crippen molar-refractivity contribution in [3.63, 3.8) is 0 Å². The first-order chi connectivity index (χ1) is 15.6. The van der Waals surface area contributed by atoms with E-state index in [0.29, 0.717) is 25.7 Å². The van der Waals surface area contributed by atoms with Crippen LogP contribution in [0.5, 0.6) is 0 Å². The van der Waals surface area contributed by atoms with Gasteiger partial charge < -0.3 is 19.7 Å². The second-order valence-electron chi connectivity index (χ2n) is 8.19. The van der Waals surface area contributed by atoms with Gasteiger partial charge in [-0.15, -0.1) is 0 Å². The SMILES string of the molecule is CCN1C(=O)OCc2cnc(N[C@@H](C)c3ccc(CN4CCN(BC=O)CC4)cc3)nc21. The minimum Gasteiger partial charge on any atom is -0.444 e. The molecule has 0 bridgehead atoms. The van der Waals surface area contributed by atoms with E-state index in [0.717, 1.165) is 50.0 Å². The van der Waals surface area contributed by atoms with E-state index in [9.17, 15) is 9.59 Å². The van der Waals surface area contributed by atoms with Crippen molar-refractivity contribution in [2.75, 3.05) is 42.9 Å². The zero-order valence-electron chi connectivity index (χ0n) is 18.7. The van der Waals surface area contributed by atoms with Crippen molar-refractivity contribution >= 4 is 31.5 Å². The van der Waals surface area contributed by atoms with Crippen molar-refractivity contribution in [3.05, 3.63) is 47.2 Å². The van der Waals surface area contributed by atoms with E-state index in [2.05, 4.69) is 56.2 Å². The van der Waals surface area contributed by atoms with Crippen molar-refractivity contribution in [2.45, 2.75) is 33.0 Å². The monoisotopic (exact) mass is 436 g/mol. The molecule has 0 aliphatic carbocycles. The van der Waals surface area contributed by atoms with Gasteiger partial charge in [-0.1, -0.05) is 24.3 Å². The Morgan fingerprint density at radius 1 is 1.22 bits per heavy atom. The number of rotatable bonds is 8. The molecule has 1 atom stereocenters. The topological polar surface area (TPSA) is 90.9 Å². The molecule has 168 valence electrons. The lowest BCUT2D eigenvalue weighted by Gasteiger charge is -2.33. The van der Waals surface area contributed by atoms with Crippen LogP contribution in [0.1, 0.15) is 36.6 Å². The molecule has 0 spiro atoms. The first-order valence-electron chi connectivity index (χ1n) is 11.1. The average molecular weight is 436 g/mol. The summed E-state index contributed by atoms with van der Waals surface area (Å²) < 4.78 is 5.15. The van der Waals surface area contributed by atoms with Crippen LogP contribution >= 0.6 is 0 Å². The molecule has 1 aromatic carbocycles. The summed E-state index contributed by atoms with van der Waals surface area (Å²) in [6, 6.07) is 8.59. The van der Waals surface area contributed by atoms with E-state index in [1.165, 1.54) is 10.5 Å². The Morgan fingerprint density at radius 2 is 1.97 bits per heavy atom. The number of amides is 1. The first-order valence-corrected chi connectivity index (χ1v) is 11.1. The molecular weight excluding hydrogens is 407 g/mol. The molecule has 1 amide bonds. The summed E-state index contributed by atoms with van der Waals surface area (Å²) in [6.45, 7) is 9.39. The second-order valence-corrected chi connectivity index (χ2v) is 8.19. The summed E-state index contributed by atoms with van der Waals surface area (Å²) in [6.07, 6.45) is 2.32. The average Bonchev–Trinajstić information content (AvgIpc) is 2.81. The molecule has 0 unspecified atom stereocenters. The lowest BCUT2D eigenvalue weighted by molar-refractivity contribution is 0.141. The smallest absolute Gasteiger partial charge is 0.415 e. The van der Waals surface area contributed by atoms with Gasteiger partial charge in [0.05, 0.1) is 17.8 Å². The van der Waals surface area contributed by atoms with Gasteiger partial charge in [0, 0.05) is 45.5 Å². The molecule has 2 aromatic rings. The fourth-order valence-corrected chi connectivity index (χ4v) is 4.07. The Morgan fingerprint density at radius 3 is 2.66 bits per heavy atom. The molecule has 3 heterocycles. The summed E-state index contributed by atoms with van der Waals surface area (Å²) in [5.74, 6) is 1.10. The lowest BCUT2D eigenvalue weighted by atomic mass is 9.93. The van der Waals surface area contributed by atoms with E-state index in [-0.39, 0.29) is 18.7 Å². The Bertz CT molecular complexity index is 949. The van der Waals surface area contributed by atoms with Crippen LogP contribution in [-0.2, 0) is 22.7 Å². The maximum atomic E-state index is 12.0. The lowest BCUT2D eigenvalue weighted by Crippen LogP contribution is -2.47. The van der Waals surface area contributed by atoms with Crippen LogP contribution in [0.2, 0.25) is 0 Å². The van der Waals surface area contributed by atoms with E-state index in [1.807, 2.05) is 6.92 Å². The summed E-state index contributed by atoms with van der Waals surface area (Å²) in [7, 11) is 0.530. The fourth-order valence-electron chi connectivity index (χ4n) is 4.07. The van der Waals surface area contributed by atoms with Crippen LogP contribution in [0.4, 0.5) is 16.6 Å². The molecule has 2 aliphatic rings. The van der Waals surface area contributed by atoms with Crippen LogP contribution < -0.4 is 10.2 Å². The molecular formula is C22H29BN6O3. The van der Waals surface area contributed by atoms with Crippen molar-refractivity contribution in [2.24, 2.45) is 0 Å². The molecule has 0 saturated carbocycles. The third kappa shape index (κ3) is 5.08. The highest BCUT2D eigenvalue weighted by Crippen LogP contribution is 2.26. The number of nitrogens with zero attached hydrogens (tertiary/aromatic N) is 5. The Balaban J connectivity index is 1.35. The van der Waals surface area contributed by atoms with Gasteiger partial charge in [-0.2, -0.15) is 4.98 Å². The number of carbonyl (C=O) groups excluding carboxylic acids is 2. The number of carbonyl (C=O) groups is 2. The molecule has 4 rings (SSSR count). The van der Waals surface area contributed by atoms with Crippen LogP contribution in [-0.4, -0.2) is 72.1 Å². The highest BCUT2D eigenvalue weighted by Gasteiger charge is 2.26. The molecule has 1 saturated heterocycles. The maximum Gasteiger partial charge on any atom is 0.415 e. The number of fused-ring (bicyclic) bond motifs is 1. The normalized spacial score (nSPS) is 17.9. The molecule has 0 radical (unpaired) electrons. The van der Waals surface area contributed by atoms with Gasteiger partial charge >= 0.3 is 6.09 Å². The third-order valence-electron chi connectivity index (χ3n) is 6.01. The Hall–Kier alpha value is -2.98. The summed E-state index contributed by atoms with van der Waals surface area (Å²) in [5.41, 5.74) is 3.21. The van der Waals surface area contributed by atoms with Crippen molar-refractivity contribution < 1.29 is 14.3 Å². The fraction of sp³-hybridized carbons (Fsp3) is 0.455. The van der Waals surface area contributed by atoms with E-state index in [4.69, 9.17) is 4.74 Å². The van der Waals surface area contributed by atoms with Gasteiger partial charge in [-0.05, 0) is 25.0 Å². The molecule has 1 N–H and O–H groups in total. The molecule has 1 aromatic heterocycles. The molecule has 9 nitrogen and oxygen atoms in total. The quantitative estimate of drug-likeness (QED) is 0.495. The number of benzene rings is 1. The first kappa shape index (κ1) is 22.2. The zero-order chi connectivity index (χ0) is 22.5. The van der Waals surface area contributed by atoms with Crippen molar-refractivity contribution in [3.8, 4) is 0 Å². The van der Waals surface area contributed by atoms with Crippen LogP contribution in [0, 0.1) is 0 Å². The minimum absolute atomic E-state index is 0.0135. The molecule has 32 heavy (non-hydrogen) atoms. The van der Waals surface area contributed by atoms with E-state index in [1.54, 1.807) is 6.20 Å². The Kier molecular flexibility index (Phi) is 7.01. The van der Waals surface area contributed by atoms with Gasteiger partial charge in [0.2, 0.25) is 5.95 Å². The van der Waals surface area contributed by atoms with E-state index < -0.39 is 0 Å². The molecule has 2 aliphatic heterocycles. The number of hydrogen-bond acceptors (Lipinski definition) is 8. The van der Waals surface area contributed by atoms with Gasteiger partial charge in [0.15, 0.2) is 0 Å². The number of anilines is 2. The third-order valence-corrected chi connectivity index (χ3v) is 6.01. The second kappa shape index (κ2) is 10.1. The standard InChI is InChI=1S/C22H29BN6O3/c1-3-29-20-19(14-32-22(29)31)12-24-21(26-20)25-16(2)18-6-4-17(5-7-18)13-27-8-10-28(11-9-27)23-15-30/h4-7,12,15-16,23H,3,8-11,13-14H2,1-2H3,(H,24,25,26)/t16-/m0/s1. The molecule has 10 heteroatoms. The molecule has 1 fully saturated rings. The highest BCUT2D eigenvalue weighted by atomic mass is 16.6. The predicted molar refractivity (Wildman–Crippen MR) is 124 cm³/mol. The van der Waals surface area contributed by atoms with Gasteiger partial charge in [0.25, 0.3) is 7.41 Å². The number of nitrogens with one attached hydrogen (secondary N) is 1. The maximum absolute atomic E-state index is 12.0. The predicted octanol–water partition coefficient (Wildman–Crippen LogP) is 1.79. The number of aromatic nitrogens is 2. The highest BCUT2D eigenvalue weighted by molar-refractivity contribution is 6.64. The summed E-state index contributed by atoms with van der Waals surface area (Å²) in [4.78, 5) is 37.7. The number of hydrogen-bond donors (Lipinski definition) is 1. The van der Waals surface area contributed by atoms with Crippen molar-refractivity contribution in [1.29, 1.82) is 0 Å². The summed E-state index contributed by atoms with van der Waals surface area (Å²) in [5, 5.41) is 3.34. The number of piperazine rings is 1.